The summed E-state index contributed by atoms with van der Waals surface area (Å²) in [6.07, 6.45) is 2.13. The van der Waals surface area contributed by atoms with Crippen LogP contribution in [-0.4, -0.2) is 29.5 Å². The summed E-state index contributed by atoms with van der Waals surface area (Å²) in [4.78, 5) is 20.4. The molecule has 0 saturated carbocycles. The van der Waals surface area contributed by atoms with Gasteiger partial charge in [-0.3, -0.25) is 4.79 Å². The van der Waals surface area contributed by atoms with Gasteiger partial charge in [0.2, 0.25) is 0 Å². The minimum Gasteiger partial charge on any atom is -0.497 e. The Morgan fingerprint density at radius 1 is 1.07 bits per heavy atom. The van der Waals surface area contributed by atoms with Gasteiger partial charge in [0.1, 0.15) is 29.4 Å². The van der Waals surface area contributed by atoms with Crippen molar-refractivity contribution in [1.29, 1.82) is 0 Å². The molecule has 1 heterocycles. The monoisotopic (exact) mass is 380 g/mol. The number of halogens is 1. The number of rotatable bonds is 8. The first-order chi connectivity index (χ1) is 13.6. The molecule has 0 aliphatic heterocycles. The molecule has 3 rings (SSSR count). The fourth-order valence-corrected chi connectivity index (χ4v) is 2.62. The molecule has 0 aliphatic carbocycles. The van der Waals surface area contributed by atoms with Crippen molar-refractivity contribution in [2.45, 2.75) is 13.0 Å². The van der Waals surface area contributed by atoms with Gasteiger partial charge in [0.05, 0.1) is 7.11 Å². The second-order valence-electron chi connectivity index (χ2n) is 6.13. The van der Waals surface area contributed by atoms with Gasteiger partial charge in [-0.25, -0.2) is 14.4 Å². The lowest BCUT2D eigenvalue weighted by Crippen LogP contribution is -2.24. The summed E-state index contributed by atoms with van der Waals surface area (Å²) in [5.41, 5.74) is 2.21. The Morgan fingerprint density at radius 3 is 2.68 bits per heavy atom. The summed E-state index contributed by atoms with van der Waals surface area (Å²) in [5, 5.41) is 5.96. The summed E-state index contributed by atoms with van der Waals surface area (Å²) >= 11 is 0. The van der Waals surface area contributed by atoms with Crippen molar-refractivity contribution in [3.05, 3.63) is 83.6 Å². The number of carbonyl (C=O) groups excluding carboxylic acids is 1. The van der Waals surface area contributed by atoms with Gasteiger partial charge in [-0.15, -0.1) is 0 Å². The number of methoxy groups -OCH3 is 1. The molecule has 0 aliphatic rings. The van der Waals surface area contributed by atoms with Crippen molar-refractivity contribution in [1.82, 2.24) is 15.3 Å². The highest BCUT2D eigenvalue weighted by atomic mass is 19.1. The Balaban J connectivity index is 1.52. The van der Waals surface area contributed by atoms with Crippen LogP contribution in [0.4, 0.5) is 10.2 Å². The number of benzene rings is 2. The minimum absolute atomic E-state index is 0.265. The van der Waals surface area contributed by atoms with E-state index in [0.717, 1.165) is 23.3 Å². The van der Waals surface area contributed by atoms with Crippen LogP contribution in [0.25, 0.3) is 0 Å². The molecule has 0 fully saturated rings. The second kappa shape index (κ2) is 9.45. The smallest absolute Gasteiger partial charge is 0.270 e. The summed E-state index contributed by atoms with van der Waals surface area (Å²) < 4.78 is 18.1. The summed E-state index contributed by atoms with van der Waals surface area (Å²) in [6.45, 7) is 0.947. The molecule has 0 bridgehead atoms. The first-order valence-electron chi connectivity index (χ1n) is 8.85. The lowest BCUT2D eigenvalue weighted by molar-refractivity contribution is 0.0946. The van der Waals surface area contributed by atoms with Crippen LogP contribution in [0.5, 0.6) is 5.75 Å². The summed E-state index contributed by atoms with van der Waals surface area (Å²) in [5.74, 6) is 0.766. The number of aromatic nitrogens is 2. The first kappa shape index (κ1) is 19.3. The first-order valence-corrected chi connectivity index (χ1v) is 8.85. The van der Waals surface area contributed by atoms with Gasteiger partial charge >= 0.3 is 0 Å². The van der Waals surface area contributed by atoms with E-state index in [1.165, 1.54) is 18.5 Å². The highest BCUT2D eigenvalue weighted by Gasteiger charge is 2.08. The van der Waals surface area contributed by atoms with Gasteiger partial charge in [-0.2, -0.15) is 0 Å². The minimum atomic E-state index is -0.317. The Morgan fingerprint density at radius 2 is 1.89 bits per heavy atom. The average Bonchev–Trinajstić information content (AvgIpc) is 2.73. The molecule has 1 amide bonds. The van der Waals surface area contributed by atoms with Gasteiger partial charge in [-0.1, -0.05) is 24.3 Å². The van der Waals surface area contributed by atoms with Crippen LogP contribution in [0.3, 0.4) is 0 Å². The average molecular weight is 380 g/mol. The van der Waals surface area contributed by atoms with Gasteiger partial charge in [-0.05, 0) is 41.8 Å². The highest BCUT2D eigenvalue weighted by Crippen LogP contribution is 2.13. The molecular formula is C21H21FN4O2. The fraction of sp³-hybridized carbons (Fsp3) is 0.190. The van der Waals surface area contributed by atoms with E-state index in [2.05, 4.69) is 20.6 Å². The van der Waals surface area contributed by atoms with Crippen molar-refractivity contribution in [2.75, 3.05) is 19.0 Å². The number of anilines is 1. The Labute approximate surface area is 162 Å². The molecule has 0 radical (unpaired) electrons. The van der Waals surface area contributed by atoms with Gasteiger partial charge in [0.25, 0.3) is 5.91 Å². The van der Waals surface area contributed by atoms with Crippen LogP contribution < -0.4 is 15.4 Å². The van der Waals surface area contributed by atoms with Crippen LogP contribution in [0.2, 0.25) is 0 Å². The number of amides is 1. The highest BCUT2D eigenvalue weighted by molar-refractivity contribution is 5.92. The van der Waals surface area contributed by atoms with Crippen LogP contribution >= 0.6 is 0 Å². The third-order valence-electron chi connectivity index (χ3n) is 4.12. The van der Waals surface area contributed by atoms with E-state index in [9.17, 15) is 9.18 Å². The Bertz CT molecular complexity index is 932. The molecule has 144 valence electrons. The molecule has 1 aromatic heterocycles. The normalized spacial score (nSPS) is 10.4. The molecule has 3 aromatic rings. The molecule has 2 aromatic carbocycles. The predicted octanol–water partition coefficient (Wildman–Crippen LogP) is 3.21. The second-order valence-corrected chi connectivity index (χ2v) is 6.13. The van der Waals surface area contributed by atoms with Crippen molar-refractivity contribution in [2.24, 2.45) is 0 Å². The van der Waals surface area contributed by atoms with E-state index < -0.39 is 0 Å². The molecule has 7 heteroatoms. The van der Waals surface area contributed by atoms with Gasteiger partial charge in [0.15, 0.2) is 0 Å². The van der Waals surface area contributed by atoms with E-state index in [4.69, 9.17) is 4.74 Å². The van der Waals surface area contributed by atoms with Gasteiger partial charge in [0, 0.05) is 19.2 Å². The number of hydrogen-bond acceptors (Lipinski definition) is 5. The molecule has 0 unspecified atom stereocenters. The van der Waals surface area contributed by atoms with E-state index in [-0.39, 0.29) is 17.4 Å². The maximum Gasteiger partial charge on any atom is 0.270 e. The van der Waals surface area contributed by atoms with Crippen LogP contribution in [0, 0.1) is 5.82 Å². The third kappa shape index (κ3) is 5.51. The van der Waals surface area contributed by atoms with Crippen LogP contribution in [0.15, 0.2) is 60.9 Å². The SMILES string of the molecule is COc1cccc(CCNc2cc(C(=O)NCc3ccc(F)cc3)ncn2)c1. The van der Waals surface area contributed by atoms with Crippen molar-refractivity contribution in [3.8, 4) is 5.75 Å². The number of ether oxygens (including phenoxy) is 1. The van der Waals surface area contributed by atoms with E-state index >= 15 is 0 Å². The van der Waals surface area contributed by atoms with Gasteiger partial charge < -0.3 is 15.4 Å². The van der Waals surface area contributed by atoms with Crippen LogP contribution in [-0.2, 0) is 13.0 Å². The fourth-order valence-electron chi connectivity index (χ4n) is 2.62. The van der Waals surface area contributed by atoms with E-state index in [0.29, 0.717) is 18.9 Å². The van der Waals surface area contributed by atoms with Crippen molar-refractivity contribution in [3.63, 3.8) is 0 Å². The van der Waals surface area contributed by atoms with E-state index in [1.54, 1.807) is 25.3 Å². The Kier molecular flexibility index (Phi) is 6.51. The van der Waals surface area contributed by atoms with E-state index in [1.807, 2.05) is 24.3 Å². The zero-order valence-corrected chi connectivity index (χ0v) is 15.5. The number of carbonyl (C=O) groups is 1. The maximum atomic E-state index is 12.9. The predicted molar refractivity (Wildman–Crippen MR) is 105 cm³/mol. The summed E-state index contributed by atoms with van der Waals surface area (Å²) in [6, 6.07) is 15.4. The molecule has 2 N–H and O–H groups in total. The zero-order valence-electron chi connectivity index (χ0n) is 15.5. The van der Waals surface area contributed by atoms with Crippen LogP contribution in [0.1, 0.15) is 21.6 Å². The Hall–Kier alpha value is -3.48. The lowest BCUT2D eigenvalue weighted by atomic mass is 10.1. The molecule has 0 saturated heterocycles. The molecular weight excluding hydrogens is 359 g/mol. The standard InChI is InChI=1S/C21H21FN4O2/c1-28-18-4-2-3-15(11-18)9-10-23-20-12-19(25-14-26-20)21(27)24-13-16-5-7-17(22)8-6-16/h2-8,11-12,14H,9-10,13H2,1H3,(H,24,27)(H,23,25,26). The summed E-state index contributed by atoms with van der Waals surface area (Å²) in [7, 11) is 1.64. The number of nitrogens with one attached hydrogen (secondary N) is 2. The number of nitrogens with zero attached hydrogens (tertiary/aromatic N) is 2. The molecule has 6 nitrogen and oxygen atoms in total. The largest absolute Gasteiger partial charge is 0.497 e. The topological polar surface area (TPSA) is 76.1 Å². The molecule has 0 atom stereocenters. The quantitative estimate of drug-likeness (QED) is 0.628. The number of hydrogen-bond donors (Lipinski definition) is 2. The molecule has 28 heavy (non-hydrogen) atoms. The van der Waals surface area contributed by atoms with Crippen molar-refractivity contribution >= 4 is 11.7 Å². The zero-order chi connectivity index (χ0) is 19.8. The van der Waals surface area contributed by atoms with Crippen molar-refractivity contribution < 1.29 is 13.9 Å². The lowest BCUT2D eigenvalue weighted by Gasteiger charge is -2.08. The third-order valence-corrected chi connectivity index (χ3v) is 4.12. The molecule has 0 spiro atoms. The maximum absolute atomic E-state index is 12.9.